The quantitative estimate of drug-likeness (QED) is 0.416. The molecule has 0 aromatic heterocycles. The Hall–Kier alpha value is -0.670. The molecule has 50 valence electrons. The van der Waals surface area contributed by atoms with Crippen LogP contribution in [-0.4, -0.2) is 17.0 Å². The normalized spacial score (nSPS) is 35.0. The molecule has 1 fully saturated rings. The van der Waals surface area contributed by atoms with Gasteiger partial charge in [-0.15, -0.1) is 0 Å². The first kappa shape index (κ1) is 6.45. The van der Waals surface area contributed by atoms with E-state index in [-0.39, 0.29) is 5.84 Å². The smallest absolute Gasteiger partial charge is 0.200 e. The van der Waals surface area contributed by atoms with Crippen LogP contribution in [0.15, 0.2) is 12.8 Å². The molecule has 1 atom stereocenters. The van der Waals surface area contributed by atoms with E-state index in [1.807, 2.05) is 0 Å². The van der Waals surface area contributed by atoms with E-state index in [2.05, 4.69) is 6.58 Å². The highest BCUT2D eigenvalue weighted by atomic mass is 16.5. The van der Waals surface area contributed by atoms with Crippen LogP contribution in [-0.2, 0) is 0 Å². The molecule has 9 heavy (non-hydrogen) atoms. The number of hydroxylamine groups is 3. The fourth-order valence-electron chi connectivity index (χ4n) is 1.01. The lowest BCUT2D eigenvalue weighted by molar-refractivity contribution is -0.725. The van der Waals surface area contributed by atoms with E-state index < -0.39 is 4.65 Å². The van der Waals surface area contributed by atoms with Gasteiger partial charge >= 0.3 is 0 Å². The van der Waals surface area contributed by atoms with Crippen molar-refractivity contribution >= 4 is 5.84 Å². The monoisotopic (exact) mass is 126 g/mol. The fourth-order valence-corrected chi connectivity index (χ4v) is 1.01. The molecule has 1 rings (SSSR count). The SMILES string of the molecule is C=C[N+]1([O-])CCCC1=N. The van der Waals surface area contributed by atoms with Crippen LogP contribution in [0.2, 0.25) is 0 Å². The fraction of sp³-hybridized carbons (Fsp3) is 0.500. The predicted octanol–water partition coefficient (Wildman–Crippen LogP) is 1.22. The second-order valence-corrected chi connectivity index (χ2v) is 2.25. The van der Waals surface area contributed by atoms with Gasteiger partial charge in [0.05, 0.1) is 12.7 Å². The van der Waals surface area contributed by atoms with Crippen molar-refractivity contribution in [1.29, 1.82) is 5.41 Å². The zero-order valence-corrected chi connectivity index (χ0v) is 5.26. The molecular weight excluding hydrogens is 116 g/mol. The first-order valence-corrected chi connectivity index (χ1v) is 2.99. The minimum Gasteiger partial charge on any atom is -0.621 e. The maximum Gasteiger partial charge on any atom is 0.200 e. The Balaban J connectivity index is 2.78. The second-order valence-electron chi connectivity index (χ2n) is 2.25. The summed E-state index contributed by atoms with van der Waals surface area (Å²) in [5, 5.41) is 18.4. The Labute approximate surface area is 54.3 Å². The van der Waals surface area contributed by atoms with E-state index in [4.69, 9.17) is 5.41 Å². The van der Waals surface area contributed by atoms with Crippen LogP contribution in [0.4, 0.5) is 0 Å². The topological polar surface area (TPSA) is 46.9 Å². The highest BCUT2D eigenvalue weighted by Gasteiger charge is 2.26. The predicted molar refractivity (Wildman–Crippen MR) is 35.7 cm³/mol. The van der Waals surface area contributed by atoms with Gasteiger partial charge in [0, 0.05) is 12.8 Å². The summed E-state index contributed by atoms with van der Waals surface area (Å²) in [6.07, 6.45) is 2.75. The third-order valence-corrected chi connectivity index (χ3v) is 1.66. The van der Waals surface area contributed by atoms with E-state index in [0.29, 0.717) is 13.0 Å². The molecule has 1 aliphatic heterocycles. The molecule has 1 unspecified atom stereocenters. The highest BCUT2D eigenvalue weighted by molar-refractivity contribution is 5.74. The Bertz CT molecular complexity index is 155. The van der Waals surface area contributed by atoms with E-state index in [9.17, 15) is 5.21 Å². The van der Waals surface area contributed by atoms with Gasteiger partial charge in [0.15, 0.2) is 5.84 Å². The molecule has 1 saturated heterocycles. The van der Waals surface area contributed by atoms with Crippen LogP contribution in [0, 0.1) is 10.6 Å². The van der Waals surface area contributed by atoms with Crippen LogP contribution in [0.25, 0.3) is 0 Å². The van der Waals surface area contributed by atoms with Crippen molar-refractivity contribution in [2.24, 2.45) is 0 Å². The first-order valence-electron chi connectivity index (χ1n) is 2.99. The third kappa shape index (κ3) is 0.886. The van der Waals surface area contributed by atoms with Crippen molar-refractivity contribution in [2.75, 3.05) is 6.54 Å². The lowest BCUT2D eigenvalue weighted by Gasteiger charge is -2.32. The minimum absolute atomic E-state index is 0.241. The second kappa shape index (κ2) is 1.93. The third-order valence-electron chi connectivity index (χ3n) is 1.66. The molecule has 1 heterocycles. The van der Waals surface area contributed by atoms with Gasteiger partial charge in [-0.25, -0.2) is 0 Å². The lowest BCUT2D eigenvalue weighted by Crippen LogP contribution is -2.36. The van der Waals surface area contributed by atoms with E-state index in [1.165, 1.54) is 6.20 Å². The van der Waals surface area contributed by atoms with Gasteiger partial charge in [0.1, 0.15) is 0 Å². The highest BCUT2D eigenvalue weighted by Crippen LogP contribution is 2.19. The average molecular weight is 126 g/mol. The van der Waals surface area contributed by atoms with Gasteiger partial charge in [0.2, 0.25) is 0 Å². The standard InChI is InChI=1S/C6H10N2O/c1-2-8(9)5-3-4-6(8)7/h2,7H,1,3-5H2. The number of nitrogens with one attached hydrogen (secondary N) is 1. The van der Waals surface area contributed by atoms with Crippen molar-refractivity contribution in [3.63, 3.8) is 0 Å². The van der Waals surface area contributed by atoms with Gasteiger partial charge < -0.3 is 5.21 Å². The first-order chi connectivity index (χ1) is 4.19. The van der Waals surface area contributed by atoms with Gasteiger partial charge in [-0.2, -0.15) is 0 Å². The van der Waals surface area contributed by atoms with E-state index >= 15 is 0 Å². The number of rotatable bonds is 1. The summed E-state index contributed by atoms with van der Waals surface area (Å²) >= 11 is 0. The molecule has 0 spiro atoms. The number of quaternary nitrogens is 1. The summed E-state index contributed by atoms with van der Waals surface area (Å²) in [5.41, 5.74) is 0. The van der Waals surface area contributed by atoms with E-state index in [1.54, 1.807) is 0 Å². The molecular formula is C6H10N2O. The number of hydrogen-bond donors (Lipinski definition) is 1. The van der Waals surface area contributed by atoms with Crippen LogP contribution < -0.4 is 0 Å². The molecule has 1 N–H and O–H groups in total. The molecule has 0 aromatic rings. The van der Waals surface area contributed by atoms with Crippen LogP contribution in [0.3, 0.4) is 0 Å². The van der Waals surface area contributed by atoms with E-state index in [0.717, 1.165) is 6.42 Å². The average Bonchev–Trinajstić information content (AvgIpc) is 2.15. The summed E-state index contributed by atoms with van der Waals surface area (Å²) in [5.74, 6) is 0.241. The van der Waals surface area contributed by atoms with Crippen molar-refractivity contribution < 1.29 is 4.65 Å². The zero-order chi connectivity index (χ0) is 6.91. The lowest BCUT2D eigenvalue weighted by atomic mass is 10.4. The zero-order valence-electron chi connectivity index (χ0n) is 5.26. The van der Waals surface area contributed by atoms with Crippen LogP contribution >= 0.6 is 0 Å². The molecule has 0 bridgehead atoms. The van der Waals surface area contributed by atoms with Crippen molar-refractivity contribution in [3.05, 3.63) is 18.0 Å². The molecule has 3 nitrogen and oxygen atoms in total. The van der Waals surface area contributed by atoms with Gasteiger partial charge in [-0.3, -0.25) is 10.1 Å². The minimum atomic E-state index is -0.597. The molecule has 3 heteroatoms. The van der Waals surface area contributed by atoms with Crippen molar-refractivity contribution in [1.82, 2.24) is 0 Å². The molecule has 0 radical (unpaired) electrons. The molecule has 0 saturated carbocycles. The maximum absolute atomic E-state index is 11.2. The molecule has 0 aromatic carbocycles. The van der Waals surface area contributed by atoms with Crippen molar-refractivity contribution in [3.8, 4) is 0 Å². The van der Waals surface area contributed by atoms with Gasteiger partial charge in [0.25, 0.3) is 0 Å². The largest absolute Gasteiger partial charge is 0.621 e. The summed E-state index contributed by atoms with van der Waals surface area (Å²) in [7, 11) is 0. The maximum atomic E-state index is 11.2. The summed E-state index contributed by atoms with van der Waals surface area (Å²) in [6, 6.07) is 0. The Morgan fingerprint density at radius 3 is 2.67 bits per heavy atom. The van der Waals surface area contributed by atoms with Crippen molar-refractivity contribution in [2.45, 2.75) is 12.8 Å². The summed E-state index contributed by atoms with van der Waals surface area (Å²) < 4.78 is -0.597. The summed E-state index contributed by atoms with van der Waals surface area (Å²) in [6.45, 7) is 3.89. The number of amidine groups is 1. The van der Waals surface area contributed by atoms with Crippen LogP contribution in [0.1, 0.15) is 12.8 Å². The van der Waals surface area contributed by atoms with Gasteiger partial charge in [-0.1, -0.05) is 0 Å². The van der Waals surface area contributed by atoms with Crippen LogP contribution in [0.5, 0.6) is 0 Å². The number of hydrogen-bond acceptors (Lipinski definition) is 2. The Kier molecular flexibility index (Phi) is 1.38. The Morgan fingerprint density at radius 1 is 1.78 bits per heavy atom. The summed E-state index contributed by atoms with van der Waals surface area (Å²) in [4.78, 5) is 0. The molecule has 1 aliphatic rings. The molecule has 0 amide bonds. The number of likely N-dealkylation sites (tertiary alicyclic amines) is 1. The number of nitrogens with zero attached hydrogens (tertiary/aromatic N) is 1. The van der Waals surface area contributed by atoms with Gasteiger partial charge in [-0.05, 0) is 6.58 Å². The Morgan fingerprint density at radius 2 is 2.44 bits per heavy atom. The molecule has 0 aliphatic carbocycles.